The van der Waals surface area contributed by atoms with Crippen molar-refractivity contribution in [2.45, 2.75) is 51.0 Å². The molecule has 21 heavy (non-hydrogen) atoms. The summed E-state index contributed by atoms with van der Waals surface area (Å²) in [5.74, 6) is 4.04. The van der Waals surface area contributed by atoms with Crippen LogP contribution in [0.2, 0.25) is 0 Å². The van der Waals surface area contributed by atoms with E-state index in [1.54, 1.807) is 7.11 Å². The standard InChI is InChI=1S/C19H27NO/c1-21-17-7-8-18-15(11-17)3-2-4-19(18)20-12-16-10-13-5-6-14(16)9-13/h7-8,11,13-14,16,19-20H,2-6,9-10,12H2,1H3. The topological polar surface area (TPSA) is 21.3 Å². The van der Waals surface area contributed by atoms with Crippen LogP contribution in [0.25, 0.3) is 0 Å². The highest BCUT2D eigenvalue weighted by molar-refractivity contribution is 5.39. The van der Waals surface area contributed by atoms with E-state index < -0.39 is 0 Å². The third-order valence-electron chi connectivity index (χ3n) is 6.18. The average molecular weight is 285 g/mol. The van der Waals surface area contributed by atoms with Gasteiger partial charge in [0.15, 0.2) is 0 Å². The minimum absolute atomic E-state index is 0.568. The molecule has 0 radical (unpaired) electrons. The van der Waals surface area contributed by atoms with E-state index in [0.29, 0.717) is 6.04 Å². The van der Waals surface area contributed by atoms with Crippen molar-refractivity contribution in [3.05, 3.63) is 29.3 Å². The zero-order valence-corrected chi connectivity index (χ0v) is 13.1. The predicted octanol–water partition coefficient (Wildman–Crippen LogP) is 4.10. The molecule has 3 aliphatic carbocycles. The molecular formula is C19H27NO. The number of aryl methyl sites for hydroxylation is 1. The van der Waals surface area contributed by atoms with E-state index in [1.165, 1.54) is 62.6 Å². The molecule has 0 spiro atoms. The molecule has 1 aromatic carbocycles. The normalized spacial score (nSPS) is 34.0. The lowest BCUT2D eigenvalue weighted by atomic mass is 9.85. The number of methoxy groups -OCH3 is 1. The third kappa shape index (κ3) is 2.59. The summed E-state index contributed by atoms with van der Waals surface area (Å²) in [6, 6.07) is 7.21. The lowest BCUT2D eigenvalue weighted by Crippen LogP contribution is -2.31. The first-order valence-corrected chi connectivity index (χ1v) is 8.73. The second-order valence-corrected chi connectivity index (χ2v) is 7.35. The molecule has 3 aliphatic rings. The summed E-state index contributed by atoms with van der Waals surface area (Å²) in [6.45, 7) is 1.23. The van der Waals surface area contributed by atoms with Crippen molar-refractivity contribution in [3.8, 4) is 5.75 Å². The number of hydrogen-bond acceptors (Lipinski definition) is 2. The molecule has 2 bridgehead atoms. The van der Waals surface area contributed by atoms with Gasteiger partial charge >= 0.3 is 0 Å². The van der Waals surface area contributed by atoms with Crippen LogP contribution in [0, 0.1) is 17.8 Å². The Morgan fingerprint density at radius 1 is 1.19 bits per heavy atom. The van der Waals surface area contributed by atoms with Gasteiger partial charge < -0.3 is 10.1 Å². The zero-order chi connectivity index (χ0) is 14.2. The monoisotopic (exact) mass is 285 g/mol. The van der Waals surface area contributed by atoms with E-state index >= 15 is 0 Å². The number of nitrogens with one attached hydrogen (secondary N) is 1. The van der Waals surface area contributed by atoms with E-state index in [-0.39, 0.29) is 0 Å². The second kappa shape index (κ2) is 5.64. The van der Waals surface area contributed by atoms with Gasteiger partial charge in [-0.1, -0.05) is 12.5 Å². The molecule has 0 amide bonds. The van der Waals surface area contributed by atoms with Gasteiger partial charge in [0.25, 0.3) is 0 Å². The summed E-state index contributed by atoms with van der Waals surface area (Å²) < 4.78 is 5.37. The highest BCUT2D eigenvalue weighted by Crippen LogP contribution is 2.48. The largest absolute Gasteiger partial charge is 0.497 e. The Bertz CT molecular complexity index is 512. The highest BCUT2D eigenvalue weighted by atomic mass is 16.5. The first kappa shape index (κ1) is 13.6. The number of rotatable bonds is 4. The molecule has 4 rings (SSSR count). The van der Waals surface area contributed by atoms with Crippen molar-refractivity contribution in [2.75, 3.05) is 13.7 Å². The van der Waals surface area contributed by atoms with Crippen LogP contribution in [-0.4, -0.2) is 13.7 Å². The van der Waals surface area contributed by atoms with Crippen molar-refractivity contribution in [1.82, 2.24) is 5.32 Å². The molecule has 1 aromatic rings. The van der Waals surface area contributed by atoms with Gasteiger partial charge in [0.05, 0.1) is 7.11 Å². The van der Waals surface area contributed by atoms with Crippen molar-refractivity contribution >= 4 is 0 Å². The summed E-state index contributed by atoms with van der Waals surface area (Å²) in [4.78, 5) is 0. The van der Waals surface area contributed by atoms with Gasteiger partial charge in [-0.15, -0.1) is 0 Å². The number of hydrogen-bond donors (Lipinski definition) is 1. The quantitative estimate of drug-likeness (QED) is 0.899. The summed E-state index contributed by atoms with van der Waals surface area (Å²) in [5.41, 5.74) is 3.01. The molecule has 0 aliphatic heterocycles. The maximum atomic E-state index is 5.37. The minimum atomic E-state index is 0.568. The van der Waals surface area contributed by atoms with Crippen LogP contribution in [-0.2, 0) is 6.42 Å². The van der Waals surface area contributed by atoms with E-state index in [4.69, 9.17) is 4.74 Å². The van der Waals surface area contributed by atoms with Gasteiger partial charge in [0.1, 0.15) is 5.75 Å². The third-order valence-corrected chi connectivity index (χ3v) is 6.18. The van der Waals surface area contributed by atoms with Crippen LogP contribution in [0.4, 0.5) is 0 Å². The van der Waals surface area contributed by atoms with E-state index in [0.717, 1.165) is 23.5 Å². The Labute approximate surface area is 128 Å². The molecule has 2 nitrogen and oxygen atoms in total. The van der Waals surface area contributed by atoms with Crippen molar-refractivity contribution < 1.29 is 4.74 Å². The Morgan fingerprint density at radius 3 is 2.90 bits per heavy atom. The van der Waals surface area contributed by atoms with Gasteiger partial charge in [-0.3, -0.25) is 0 Å². The fourth-order valence-electron chi connectivity index (χ4n) is 5.05. The van der Waals surface area contributed by atoms with Crippen LogP contribution in [0.1, 0.15) is 55.7 Å². The van der Waals surface area contributed by atoms with Gasteiger partial charge in [-0.2, -0.15) is 0 Å². The van der Waals surface area contributed by atoms with Crippen molar-refractivity contribution in [1.29, 1.82) is 0 Å². The molecule has 0 saturated heterocycles. The second-order valence-electron chi connectivity index (χ2n) is 7.35. The van der Waals surface area contributed by atoms with Gasteiger partial charge in [0.2, 0.25) is 0 Å². The van der Waals surface area contributed by atoms with Crippen LogP contribution < -0.4 is 10.1 Å². The lowest BCUT2D eigenvalue weighted by Gasteiger charge is -2.30. The summed E-state index contributed by atoms with van der Waals surface area (Å²) in [5, 5.41) is 3.90. The van der Waals surface area contributed by atoms with Crippen LogP contribution in [0.15, 0.2) is 18.2 Å². The summed E-state index contributed by atoms with van der Waals surface area (Å²) in [7, 11) is 1.76. The molecule has 4 unspecified atom stereocenters. The maximum absolute atomic E-state index is 5.37. The molecule has 0 aromatic heterocycles. The molecular weight excluding hydrogens is 258 g/mol. The fourth-order valence-corrected chi connectivity index (χ4v) is 5.05. The summed E-state index contributed by atoms with van der Waals surface area (Å²) >= 11 is 0. The first-order valence-electron chi connectivity index (χ1n) is 8.73. The Kier molecular flexibility index (Phi) is 3.66. The average Bonchev–Trinajstić information content (AvgIpc) is 3.15. The first-order chi connectivity index (χ1) is 10.3. The zero-order valence-electron chi connectivity index (χ0n) is 13.1. The molecule has 4 atom stereocenters. The van der Waals surface area contributed by atoms with E-state index in [9.17, 15) is 0 Å². The SMILES string of the molecule is COc1ccc2c(c1)CCCC2NCC1CC2CCC1C2. The smallest absolute Gasteiger partial charge is 0.119 e. The molecule has 0 heterocycles. The molecule has 1 N–H and O–H groups in total. The van der Waals surface area contributed by atoms with E-state index in [1.807, 2.05) is 0 Å². The van der Waals surface area contributed by atoms with Gasteiger partial charge in [-0.25, -0.2) is 0 Å². The van der Waals surface area contributed by atoms with Crippen LogP contribution >= 0.6 is 0 Å². The van der Waals surface area contributed by atoms with Crippen LogP contribution in [0.5, 0.6) is 5.75 Å². The van der Waals surface area contributed by atoms with Gasteiger partial charge in [-0.05, 0) is 86.1 Å². The van der Waals surface area contributed by atoms with Crippen molar-refractivity contribution in [2.24, 2.45) is 17.8 Å². The fraction of sp³-hybridized carbons (Fsp3) is 0.684. The molecule has 2 saturated carbocycles. The summed E-state index contributed by atoms with van der Waals surface area (Å²) in [6.07, 6.45) is 9.81. The van der Waals surface area contributed by atoms with Crippen LogP contribution in [0.3, 0.4) is 0 Å². The predicted molar refractivity (Wildman–Crippen MR) is 85.6 cm³/mol. The molecule has 2 fully saturated rings. The number of fused-ring (bicyclic) bond motifs is 3. The Morgan fingerprint density at radius 2 is 2.14 bits per heavy atom. The number of ether oxygens (including phenoxy) is 1. The number of benzene rings is 1. The molecule has 2 heteroatoms. The van der Waals surface area contributed by atoms with Crippen molar-refractivity contribution in [3.63, 3.8) is 0 Å². The maximum Gasteiger partial charge on any atom is 0.119 e. The van der Waals surface area contributed by atoms with E-state index in [2.05, 4.69) is 23.5 Å². The Hall–Kier alpha value is -1.02. The highest BCUT2D eigenvalue weighted by Gasteiger charge is 2.39. The molecule has 114 valence electrons. The Balaban J connectivity index is 1.42. The lowest BCUT2D eigenvalue weighted by molar-refractivity contribution is 0.299. The van der Waals surface area contributed by atoms with Gasteiger partial charge in [0, 0.05) is 6.04 Å². The minimum Gasteiger partial charge on any atom is -0.497 e.